The topological polar surface area (TPSA) is 78.4 Å². The molecule has 0 fully saturated rings. The lowest BCUT2D eigenvalue weighted by Crippen LogP contribution is -2.47. The Bertz CT molecular complexity index is 252. The van der Waals surface area contributed by atoms with Crippen LogP contribution in [0.2, 0.25) is 0 Å². The molecule has 0 aromatic rings. The van der Waals surface area contributed by atoms with E-state index in [-0.39, 0.29) is 24.5 Å². The Morgan fingerprint density at radius 2 is 1.65 bits per heavy atom. The van der Waals surface area contributed by atoms with Crippen LogP contribution >= 0.6 is 0 Å². The van der Waals surface area contributed by atoms with Crippen LogP contribution in [0.5, 0.6) is 0 Å². The molecule has 0 aliphatic heterocycles. The molecule has 2 unspecified atom stereocenters. The highest BCUT2D eigenvalue weighted by Gasteiger charge is 2.17. The fraction of sp³-hybridized carbons (Fsp3) is 0.833. The zero-order valence-electron chi connectivity index (χ0n) is 11.1. The number of carbonyl (C=O) groups is 2. The predicted molar refractivity (Wildman–Crippen MR) is 66.9 cm³/mol. The van der Waals surface area contributed by atoms with E-state index in [1.807, 2.05) is 6.92 Å². The van der Waals surface area contributed by atoms with Crippen molar-refractivity contribution in [1.82, 2.24) is 10.6 Å². The summed E-state index contributed by atoms with van der Waals surface area (Å²) >= 11 is 0. The van der Waals surface area contributed by atoms with Gasteiger partial charge in [0.2, 0.25) is 0 Å². The Morgan fingerprint density at radius 3 is 2.06 bits per heavy atom. The Hall–Kier alpha value is -1.26. The van der Waals surface area contributed by atoms with Crippen molar-refractivity contribution < 1.29 is 14.7 Å². The van der Waals surface area contributed by atoms with Gasteiger partial charge in [0.05, 0.1) is 6.42 Å². The molecule has 0 saturated carbocycles. The summed E-state index contributed by atoms with van der Waals surface area (Å²) in [5, 5.41) is 14.0. The van der Waals surface area contributed by atoms with Gasteiger partial charge in [0, 0.05) is 12.1 Å². The molecule has 3 N–H and O–H groups in total. The maximum atomic E-state index is 11.6. The maximum absolute atomic E-state index is 11.6. The molecule has 0 aromatic carbocycles. The van der Waals surface area contributed by atoms with Crippen molar-refractivity contribution in [2.75, 3.05) is 0 Å². The Morgan fingerprint density at radius 1 is 1.12 bits per heavy atom. The fourth-order valence-electron chi connectivity index (χ4n) is 1.90. The summed E-state index contributed by atoms with van der Waals surface area (Å²) in [6.45, 7) is 7.84. The van der Waals surface area contributed by atoms with E-state index < -0.39 is 5.97 Å². The number of carboxylic acid groups (broad SMARTS) is 1. The number of amides is 2. The van der Waals surface area contributed by atoms with Gasteiger partial charge in [0.1, 0.15) is 0 Å². The highest BCUT2D eigenvalue weighted by molar-refractivity contribution is 5.75. The average molecular weight is 244 g/mol. The van der Waals surface area contributed by atoms with E-state index in [0.717, 1.165) is 12.8 Å². The van der Waals surface area contributed by atoms with Gasteiger partial charge in [-0.1, -0.05) is 26.7 Å². The SMILES string of the molecule is CCC(CC)C(C)NC(=O)NC(C)CC(=O)O. The lowest BCUT2D eigenvalue weighted by atomic mass is 9.96. The lowest BCUT2D eigenvalue weighted by molar-refractivity contribution is -0.137. The summed E-state index contributed by atoms with van der Waals surface area (Å²) in [4.78, 5) is 22.0. The summed E-state index contributed by atoms with van der Waals surface area (Å²) in [7, 11) is 0. The molecule has 0 aliphatic rings. The molecule has 100 valence electrons. The van der Waals surface area contributed by atoms with Gasteiger partial charge in [-0.3, -0.25) is 4.79 Å². The van der Waals surface area contributed by atoms with Crippen LogP contribution in [0.1, 0.15) is 47.0 Å². The van der Waals surface area contributed by atoms with E-state index in [1.165, 1.54) is 0 Å². The number of hydrogen-bond donors (Lipinski definition) is 3. The minimum absolute atomic E-state index is 0.0627. The van der Waals surface area contributed by atoms with Gasteiger partial charge >= 0.3 is 12.0 Å². The fourth-order valence-corrected chi connectivity index (χ4v) is 1.90. The zero-order chi connectivity index (χ0) is 13.4. The molecule has 0 spiro atoms. The summed E-state index contributed by atoms with van der Waals surface area (Å²) in [5.41, 5.74) is 0. The average Bonchev–Trinajstić information content (AvgIpc) is 2.17. The quantitative estimate of drug-likeness (QED) is 0.640. The van der Waals surface area contributed by atoms with E-state index in [0.29, 0.717) is 5.92 Å². The van der Waals surface area contributed by atoms with Crippen LogP contribution in [0.3, 0.4) is 0 Å². The third-order valence-corrected chi connectivity index (χ3v) is 2.97. The first kappa shape index (κ1) is 15.7. The smallest absolute Gasteiger partial charge is 0.315 e. The number of carbonyl (C=O) groups excluding carboxylic acids is 1. The molecular weight excluding hydrogens is 220 g/mol. The summed E-state index contributed by atoms with van der Waals surface area (Å²) in [5.74, 6) is -0.457. The molecule has 0 radical (unpaired) electrons. The second kappa shape index (κ2) is 7.92. The first-order valence-electron chi connectivity index (χ1n) is 6.19. The maximum Gasteiger partial charge on any atom is 0.315 e. The number of aliphatic carboxylic acids is 1. The van der Waals surface area contributed by atoms with Crippen molar-refractivity contribution in [3.05, 3.63) is 0 Å². The molecule has 2 atom stereocenters. The van der Waals surface area contributed by atoms with Crippen LogP contribution in [0.25, 0.3) is 0 Å². The van der Waals surface area contributed by atoms with E-state index in [9.17, 15) is 9.59 Å². The van der Waals surface area contributed by atoms with Gasteiger partial charge in [0.25, 0.3) is 0 Å². The van der Waals surface area contributed by atoms with Gasteiger partial charge in [-0.15, -0.1) is 0 Å². The first-order chi connectivity index (χ1) is 7.90. The van der Waals surface area contributed by atoms with Gasteiger partial charge in [-0.2, -0.15) is 0 Å². The minimum Gasteiger partial charge on any atom is -0.481 e. The molecule has 0 aliphatic carbocycles. The third-order valence-electron chi connectivity index (χ3n) is 2.97. The third kappa shape index (κ3) is 6.81. The summed E-state index contributed by atoms with van der Waals surface area (Å²) < 4.78 is 0. The van der Waals surface area contributed by atoms with Gasteiger partial charge in [0.15, 0.2) is 0 Å². The van der Waals surface area contributed by atoms with E-state index in [4.69, 9.17) is 5.11 Å². The van der Waals surface area contributed by atoms with Crippen molar-refractivity contribution in [2.24, 2.45) is 5.92 Å². The van der Waals surface area contributed by atoms with Crippen molar-refractivity contribution in [3.8, 4) is 0 Å². The predicted octanol–water partition coefficient (Wildman–Crippen LogP) is 1.97. The zero-order valence-corrected chi connectivity index (χ0v) is 11.1. The van der Waals surface area contributed by atoms with Crippen molar-refractivity contribution >= 4 is 12.0 Å². The number of rotatable bonds is 7. The highest BCUT2D eigenvalue weighted by atomic mass is 16.4. The molecule has 0 bridgehead atoms. The normalized spacial score (nSPS) is 14.2. The van der Waals surface area contributed by atoms with Crippen LogP contribution in [0, 0.1) is 5.92 Å². The standard InChI is InChI=1S/C12H24N2O3/c1-5-10(6-2)9(4)14-12(17)13-8(3)7-11(15)16/h8-10H,5-7H2,1-4H3,(H,15,16)(H2,13,14,17). The van der Waals surface area contributed by atoms with Crippen LogP contribution in [-0.2, 0) is 4.79 Å². The molecule has 5 heteroatoms. The minimum atomic E-state index is -0.911. The Balaban J connectivity index is 4.04. The second-order valence-electron chi connectivity index (χ2n) is 4.48. The summed E-state index contributed by atoms with van der Waals surface area (Å²) in [6, 6.07) is -0.554. The molecule has 5 nitrogen and oxygen atoms in total. The van der Waals surface area contributed by atoms with Crippen molar-refractivity contribution in [2.45, 2.75) is 59.0 Å². The van der Waals surface area contributed by atoms with Gasteiger partial charge in [-0.25, -0.2) is 4.79 Å². The molecule has 17 heavy (non-hydrogen) atoms. The summed E-state index contributed by atoms with van der Waals surface area (Å²) in [6.07, 6.45) is 1.97. The first-order valence-corrected chi connectivity index (χ1v) is 6.19. The highest BCUT2D eigenvalue weighted by Crippen LogP contribution is 2.12. The van der Waals surface area contributed by atoms with Gasteiger partial charge < -0.3 is 15.7 Å². The van der Waals surface area contributed by atoms with Gasteiger partial charge in [-0.05, 0) is 19.8 Å². The van der Waals surface area contributed by atoms with Crippen molar-refractivity contribution in [1.29, 1.82) is 0 Å². The number of carboxylic acids is 1. The molecule has 0 rings (SSSR count). The van der Waals surface area contributed by atoms with E-state index >= 15 is 0 Å². The molecule has 0 aromatic heterocycles. The van der Waals surface area contributed by atoms with Crippen LogP contribution < -0.4 is 10.6 Å². The number of urea groups is 1. The largest absolute Gasteiger partial charge is 0.481 e. The number of nitrogens with one attached hydrogen (secondary N) is 2. The number of hydrogen-bond acceptors (Lipinski definition) is 2. The Labute approximate surface area is 103 Å². The van der Waals surface area contributed by atoms with Crippen LogP contribution in [-0.4, -0.2) is 29.2 Å². The molecular formula is C12H24N2O3. The van der Waals surface area contributed by atoms with E-state index in [1.54, 1.807) is 6.92 Å². The molecule has 0 heterocycles. The monoisotopic (exact) mass is 244 g/mol. The van der Waals surface area contributed by atoms with Crippen LogP contribution in [0.4, 0.5) is 4.79 Å². The molecule has 2 amide bonds. The second-order valence-corrected chi connectivity index (χ2v) is 4.48. The van der Waals surface area contributed by atoms with Crippen LogP contribution in [0.15, 0.2) is 0 Å². The van der Waals surface area contributed by atoms with Crippen molar-refractivity contribution in [3.63, 3.8) is 0 Å². The lowest BCUT2D eigenvalue weighted by Gasteiger charge is -2.23. The Kier molecular flexibility index (Phi) is 7.34. The molecule has 0 saturated heterocycles. The van der Waals surface area contributed by atoms with E-state index in [2.05, 4.69) is 24.5 Å².